The molecule has 0 radical (unpaired) electrons. The van der Waals surface area contributed by atoms with E-state index in [4.69, 9.17) is 16.3 Å². The van der Waals surface area contributed by atoms with Crippen LogP contribution in [0, 0.1) is 0 Å². The molecule has 19 heavy (non-hydrogen) atoms. The molecular formula is C15H13Br2ClO. The minimum absolute atomic E-state index is 0.217. The number of hydrogen-bond acceptors (Lipinski definition) is 1. The van der Waals surface area contributed by atoms with Gasteiger partial charge in [0.05, 0.1) is 11.6 Å². The topological polar surface area (TPSA) is 9.23 Å². The molecule has 0 aliphatic heterocycles. The molecule has 4 heteroatoms. The van der Waals surface area contributed by atoms with E-state index in [1.165, 1.54) is 5.56 Å². The largest absolute Gasteiger partial charge is 0.496 e. The van der Waals surface area contributed by atoms with Gasteiger partial charge in [-0.25, -0.2) is 0 Å². The van der Waals surface area contributed by atoms with E-state index in [2.05, 4.69) is 50.1 Å². The second-order valence-electron chi connectivity index (χ2n) is 4.16. The molecule has 0 saturated carbocycles. The molecule has 1 atom stereocenters. The van der Waals surface area contributed by atoms with Gasteiger partial charge in [0.25, 0.3) is 0 Å². The molecular weight excluding hydrogens is 391 g/mol. The van der Waals surface area contributed by atoms with Crippen molar-refractivity contribution in [2.24, 2.45) is 0 Å². The normalized spacial score (nSPS) is 12.2. The van der Waals surface area contributed by atoms with Crippen LogP contribution in [-0.2, 0) is 6.42 Å². The zero-order chi connectivity index (χ0) is 13.8. The molecule has 0 spiro atoms. The fraction of sp³-hybridized carbons (Fsp3) is 0.200. The maximum Gasteiger partial charge on any atom is 0.133 e. The zero-order valence-corrected chi connectivity index (χ0v) is 14.3. The van der Waals surface area contributed by atoms with Crippen LogP contribution in [0.4, 0.5) is 0 Å². The molecule has 1 nitrogen and oxygen atoms in total. The average molecular weight is 405 g/mol. The van der Waals surface area contributed by atoms with E-state index in [-0.39, 0.29) is 4.83 Å². The maximum atomic E-state index is 6.18. The Bertz CT molecular complexity index is 572. The average Bonchev–Trinajstić information content (AvgIpc) is 2.41. The maximum absolute atomic E-state index is 6.18. The Morgan fingerprint density at radius 2 is 1.95 bits per heavy atom. The molecule has 1 unspecified atom stereocenters. The van der Waals surface area contributed by atoms with Crippen LogP contribution in [0.15, 0.2) is 46.9 Å². The van der Waals surface area contributed by atoms with E-state index in [1.54, 1.807) is 7.11 Å². The Balaban J connectivity index is 2.18. The number of alkyl halides is 1. The second-order valence-corrected chi connectivity index (χ2v) is 6.52. The molecule has 2 aromatic carbocycles. The lowest BCUT2D eigenvalue weighted by atomic mass is 10.0. The second kappa shape index (κ2) is 6.78. The van der Waals surface area contributed by atoms with Gasteiger partial charge in [-0.2, -0.15) is 0 Å². The van der Waals surface area contributed by atoms with Crippen molar-refractivity contribution >= 4 is 43.5 Å². The van der Waals surface area contributed by atoms with Crippen molar-refractivity contribution in [1.82, 2.24) is 0 Å². The van der Waals surface area contributed by atoms with Crippen LogP contribution in [0.25, 0.3) is 0 Å². The third kappa shape index (κ3) is 3.74. The molecule has 0 aliphatic rings. The van der Waals surface area contributed by atoms with Gasteiger partial charge in [-0.1, -0.05) is 51.8 Å². The number of benzene rings is 2. The molecule has 2 rings (SSSR count). The summed E-state index contributed by atoms with van der Waals surface area (Å²) in [5.41, 5.74) is 2.32. The molecule has 2 aromatic rings. The van der Waals surface area contributed by atoms with Crippen molar-refractivity contribution < 1.29 is 4.74 Å². The minimum Gasteiger partial charge on any atom is -0.496 e. The summed E-state index contributed by atoms with van der Waals surface area (Å²) in [4.78, 5) is 0.217. The van der Waals surface area contributed by atoms with E-state index in [0.717, 1.165) is 27.2 Å². The number of rotatable bonds is 4. The van der Waals surface area contributed by atoms with Gasteiger partial charge in [-0.05, 0) is 51.7 Å². The molecule has 100 valence electrons. The highest BCUT2D eigenvalue weighted by molar-refractivity contribution is 9.10. The number of halogens is 3. The van der Waals surface area contributed by atoms with Gasteiger partial charge in [0.1, 0.15) is 5.75 Å². The number of hydrogen-bond donors (Lipinski definition) is 0. The van der Waals surface area contributed by atoms with Gasteiger partial charge in [0.2, 0.25) is 0 Å². The van der Waals surface area contributed by atoms with Gasteiger partial charge >= 0.3 is 0 Å². The van der Waals surface area contributed by atoms with Crippen molar-refractivity contribution in [2.75, 3.05) is 7.11 Å². The van der Waals surface area contributed by atoms with Crippen LogP contribution in [0.1, 0.15) is 16.0 Å². The highest BCUT2D eigenvalue weighted by Crippen LogP contribution is 2.34. The Labute approximate surface area is 135 Å². The Morgan fingerprint density at radius 1 is 1.21 bits per heavy atom. The van der Waals surface area contributed by atoms with Crippen molar-refractivity contribution in [3.8, 4) is 5.75 Å². The lowest BCUT2D eigenvalue weighted by Crippen LogP contribution is -1.97. The summed E-state index contributed by atoms with van der Waals surface area (Å²) < 4.78 is 6.19. The van der Waals surface area contributed by atoms with Gasteiger partial charge < -0.3 is 4.74 Å². The first-order valence-electron chi connectivity index (χ1n) is 5.82. The molecule has 0 amide bonds. The number of ether oxygens (including phenoxy) is 1. The highest BCUT2D eigenvalue weighted by Gasteiger charge is 2.12. The van der Waals surface area contributed by atoms with E-state index in [1.807, 2.05) is 24.3 Å². The van der Waals surface area contributed by atoms with E-state index in [9.17, 15) is 0 Å². The lowest BCUT2D eigenvalue weighted by Gasteiger charge is -2.13. The van der Waals surface area contributed by atoms with Crippen LogP contribution in [0.3, 0.4) is 0 Å². The summed E-state index contributed by atoms with van der Waals surface area (Å²) >= 11 is 13.4. The SMILES string of the molecule is COc1ccc(C(Br)Cc2ccccc2Cl)cc1Br. The standard InChI is InChI=1S/C15H13Br2ClO/c1-19-15-7-6-10(8-13(15)17)12(16)9-11-4-2-3-5-14(11)18/h2-8,12H,9H2,1H3. The Morgan fingerprint density at radius 3 is 2.58 bits per heavy atom. The summed E-state index contributed by atoms with van der Waals surface area (Å²) in [7, 11) is 1.66. The first-order valence-corrected chi connectivity index (χ1v) is 7.91. The van der Waals surface area contributed by atoms with E-state index < -0.39 is 0 Å². The summed E-state index contributed by atoms with van der Waals surface area (Å²) in [6.07, 6.45) is 0.846. The first-order chi connectivity index (χ1) is 9.11. The third-order valence-electron chi connectivity index (χ3n) is 2.89. The van der Waals surface area contributed by atoms with Crippen molar-refractivity contribution in [3.05, 3.63) is 63.1 Å². The summed E-state index contributed by atoms with van der Waals surface area (Å²) in [5, 5.41) is 0.805. The monoisotopic (exact) mass is 402 g/mol. The zero-order valence-electron chi connectivity index (χ0n) is 10.4. The van der Waals surface area contributed by atoms with Crippen LogP contribution in [0.2, 0.25) is 5.02 Å². The first kappa shape index (κ1) is 14.9. The molecule has 0 aliphatic carbocycles. The number of methoxy groups -OCH3 is 1. The van der Waals surface area contributed by atoms with Crippen molar-refractivity contribution in [3.63, 3.8) is 0 Å². The van der Waals surface area contributed by atoms with Gasteiger partial charge in [-0.15, -0.1) is 0 Å². The minimum atomic E-state index is 0.217. The predicted molar refractivity (Wildman–Crippen MR) is 87.5 cm³/mol. The quantitative estimate of drug-likeness (QED) is 0.586. The van der Waals surface area contributed by atoms with Gasteiger partial charge in [0, 0.05) is 9.85 Å². The highest BCUT2D eigenvalue weighted by atomic mass is 79.9. The van der Waals surface area contributed by atoms with Crippen LogP contribution < -0.4 is 4.74 Å². The third-order valence-corrected chi connectivity index (χ3v) is 4.74. The molecule has 0 heterocycles. The van der Waals surface area contributed by atoms with E-state index >= 15 is 0 Å². The van der Waals surface area contributed by atoms with Crippen molar-refractivity contribution in [2.45, 2.75) is 11.2 Å². The van der Waals surface area contributed by atoms with Crippen LogP contribution >= 0.6 is 43.5 Å². The molecule has 0 bridgehead atoms. The van der Waals surface area contributed by atoms with Gasteiger partial charge in [-0.3, -0.25) is 0 Å². The summed E-state index contributed by atoms with van der Waals surface area (Å²) in [6, 6.07) is 14.0. The Kier molecular flexibility index (Phi) is 5.31. The molecule has 0 fully saturated rings. The molecule has 0 N–H and O–H groups in total. The summed E-state index contributed by atoms with van der Waals surface area (Å²) in [5.74, 6) is 0.834. The Hall–Kier alpha value is -0.510. The van der Waals surface area contributed by atoms with Crippen LogP contribution in [0.5, 0.6) is 5.75 Å². The summed E-state index contributed by atoms with van der Waals surface area (Å²) in [6.45, 7) is 0. The molecule has 0 aromatic heterocycles. The van der Waals surface area contributed by atoms with Crippen LogP contribution in [-0.4, -0.2) is 7.11 Å². The smallest absolute Gasteiger partial charge is 0.133 e. The van der Waals surface area contributed by atoms with E-state index in [0.29, 0.717) is 0 Å². The fourth-order valence-corrected chi connectivity index (χ4v) is 3.26. The lowest BCUT2D eigenvalue weighted by molar-refractivity contribution is 0.412. The predicted octanol–water partition coefficient (Wildman–Crippen LogP) is 5.79. The van der Waals surface area contributed by atoms with Crippen molar-refractivity contribution in [1.29, 1.82) is 0 Å². The molecule has 0 saturated heterocycles. The fourth-order valence-electron chi connectivity index (χ4n) is 1.85. The van der Waals surface area contributed by atoms with Gasteiger partial charge in [0.15, 0.2) is 0 Å².